The number of nitrogens with one attached hydrogen (secondary N) is 1. The van der Waals surface area contributed by atoms with Crippen molar-refractivity contribution in [3.8, 4) is 0 Å². The summed E-state index contributed by atoms with van der Waals surface area (Å²) >= 11 is 0. The number of hydrogen-bond acceptors (Lipinski definition) is 2. The predicted molar refractivity (Wildman–Crippen MR) is 43.8 cm³/mol. The molecule has 0 aliphatic heterocycles. The van der Waals surface area contributed by atoms with Crippen molar-refractivity contribution in [2.24, 2.45) is 10.7 Å². The van der Waals surface area contributed by atoms with Gasteiger partial charge in [-0.05, 0) is 14.0 Å². The van der Waals surface area contributed by atoms with Crippen molar-refractivity contribution < 1.29 is 0 Å². The SMILES string of the molecule is CN=C(N)N(C)C(C)NC. The Kier molecular flexibility index (Phi) is 3.79. The third-order valence-electron chi connectivity index (χ3n) is 1.59. The highest BCUT2D eigenvalue weighted by atomic mass is 15.3. The van der Waals surface area contributed by atoms with Crippen molar-refractivity contribution in [3.63, 3.8) is 0 Å². The molecule has 10 heavy (non-hydrogen) atoms. The van der Waals surface area contributed by atoms with Gasteiger partial charge in [-0.3, -0.25) is 4.99 Å². The molecule has 0 amide bonds. The lowest BCUT2D eigenvalue weighted by atomic mass is 10.5. The van der Waals surface area contributed by atoms with Gasteiger partial charge in [-0.1, -0.05) is 0 Å². The number of aliphatic imine (C=N–C) groups is 1. The zero-order valence-electron chi connectivity index (χ0n) is 7.05. The summed E-state index contributed by atoms with van der Waals surface area (Å²) in [4.78, 5) is 5.70. The van der Waals surface area contributed by atoms with Crippen molar-refractivity contribution in [1.29, 1.82) is 0 Å². The predicted octanol–water partition coefficient (Wildman–Crippen LogP) is -0.572. The maximum atomic E-state index is 5.53. The highest BCUT2D eigenvalue weighted by Gasteiger charge is 2.06. The van der Waals surface area contributed by atoms with Gasteiger partial charge in [0.05, 0.1) is 6.17 Å². The van der Waals surface area contributed by atoms with Gasteiger partial charge in [-0.25, -0.2) is 0 Å². The Morgan fingerprint density at radius 2 is 2.20 bits per heavy atom. The lowest BCUT2D eigenvalue weighted by Gasteiger charge is -2.24. The van der Waals surface area contributed by atoms with Crippen LogP contribution in [0.1, 0.15) is 6.92 Å². The second-order valence-electron chi connectivity index (χ2n) is 2.16. The highest BCUT2D eigenvalue weighted by molar-refractivity contribution is 5.77. The molecule has 1 unspecified atom stereocenters. The molecule has 1 atom stereocenters. The second-order valence-corrected chi connectivity index (χ2v) is 2.16. The monoisotopic (exact) mass is 144 g/mol. The van der Waals surface area contributed by atoms with E-state index in [2.05, 4.69) is 10.3 Å². The molecule has 4 heteroatoms. The van der Waals surface area contributed by atoms with E-state index in [0.29, 0.717) is 5.96 Å². The first-order valence-electron chi connectivity index (χ1n) is 3.25. The molecule has 0 radical (unpaired) electrons. The molecule has 0 saturated heterocycles. The first-order chi connectivity index (χ1) is 4.63. The molecular weight excluding hydrogens is 128 g/mol. The molecule has 0 aromatic rings. The smallest absolute Gasteiger partial charge is 0.191 e. The largest absolute Gasteiger partial charge is 0.370 e. The van der Waals surface area contributed by atoms with E-state index in [-0.39, 0.29) is 6.17 Å². The third-order valence-corrected chi connectivity index (χ3v) is 1.59. The summed E-state index contributed by atoms with van der Waals surface area (Å²) in [7, 11) is 5.45. The summed E-state index contributed by atoms with van der Waals surface area (Å²) in [6.07, 6.45) is 0.226. The van der Waals surface area contributed by atoms with Gasteiger partial charge in [0.1, 0.15) is 0 Å². The van der Waals surface area contributed by atoms with Gasteiger partial charge in [0.25, 0.3) is 0 Å². The zero-order chi connectivity index (χ0) is 8.15. The number of rotatable bonds is 2. The fourth-order valence-electron chi connectivity index (χ4n) is 0.550. The van der Waals surface area contributed by atoms with Crippen LogP contribution in [-0.4, -0.2) is 38.2 Å². The molecule has 0 aliphatic carbocycles. The van der Waals surface area contributed by atoms with E-state index in [9.17, 15) is 0 Å². The number of hydrogen-bond donors (Lipinski definition) is 2. The van der Waals surface area contributed by atoms with Crippen molar-refractivity contribution in [3.05, 3.63) is 0 Å². The van der Waals surface area contributed by atoms with E-state index in [4.69, 9.17) is 5.73 Å². The Morgan fingerprint density at radius 3 is 2.50 bits per heavy atom. The minimum absolute atomic E-state index is 0.226. The first kappa shape index (κ1) is 9.23. The van der Waals surface area contributed by atoms with Crippen molar-refractivity contribution in [2.75, 3.05) is 21.1 Å². The molecule has 3 N–H and O–H groups in total. The van der Waals surface area contributed by atoms with Crippen LogP contribution in [0.15, 0.2) is 4.99 Å². The van der Waals surface area contributed by atoms with Crippen LogP contribution in [0.2, 0.25) is 0 Å². The minimum Gasteiger partial charge on any atom is -0.370 e. The van der Waals surface area contributed by atoms with Crippen LogP contribution in [0.3, 0.4) is 0 Å². The lowest BCUT2D eigenvalue weighted by Crippen LogP contribution is -2.46. The highest BCUT2D eigenvalue weighted by Crippen LogP contribution is 1.87. The van der Waals surface area contributed by atoms with Crippen molar-refractivity contribution >= 4 is 5.96 Å². The number of nitrogens with zero attached hydrogens (tertiary/aromatic N) is 2. The average Bonchev–Trinajstić information content (AvgIpc) is 2.00. The van der Waals surface area contributed by atoms with Gasteiger partial charge in [0.2, 0.25) is 0 Å². The fourth-order valence-corrected chi connectivity index (χ4v) is 0.550. The topological polar surface area (TPSA) is 53.6 Å². The minimum atomic E-state index is 0.226. The normalized spacial score (nSPS) is 15.0. The van der Waals surface area contributed by atoms with Crippen LogP contribution in [0.5, 0.6) is 0 Å². The quantitative estimate of drug-likeness (QED) is 0.310. The van der Waals surface area contributed by atoms with Gasteiger partial charge in [0, 0.05) is 14.1 Å². The molecule has 4 nitrogen and oxygen atoms in total. The maximum Gasteiger partial charge on any atom is 0.191 e. The third kappa shape index (κ3) is 2.23. The molecule has 60 valence electrons. The number of guanidine groups is 1. The Hall–Kier alpha value is -0.770. The van der Waals surface area contributed by atoms with Crippen LogP contribution in [-0.2, 0) is 0 Å². The first-order valence-corrected chi connectivity index (χ1v) is 3.25. The van der Waals surface area contributed by atoms with Crippen molar-refractivity contribution in [1.82, 2.24) is 10.2 Å². The molecule has 0 spiro atoms. The molecule has 0 saturated carbocycles. The van der Waals surface area contributed by atoms with E-state index < -0.39 is 0 Å². The molecule has 0 heterocycles. The van der Waals surface area contributed by atoms with E-state index in [1.807, 2.05) is 25.9 Å². The molecule has 0 aliphatic rings. The van der Waals surface area contributed by atoms with Crippen molar-refractivity contribution in [2.45, 2.75) is 13.1 Å². The Morgan fingerprint density at radius 1 is 1.70 bits per heavy atom. The van der Waals surface area contributed by atoms with Crippen LogP contribution in [0.4, 0.5) is 0 Å². The zero-order valence-corrected chi connectivity index (χ0v) is 7.05. The fraction of sp³-hybridized carbons (Fsp3) is 0.833. The van der Waals surface area contributed by atoms with Gasteiger partial charge in [-0.15, -0.1) is 0 Å². The molecule has 0 rings (SSSR count). The van der Waals surface area contributed by atoms with E-state index in [1.54, 1.807) is 7.05 Å². The van der Waals surface area contributed by atoms with E-state index >= 15 is 0 Å². The van der Waals surface area contributed by atoms with Gasteiger partial charge < -0.3 is 16.0 Å². The maximum absolute atomic E-state index is 5.53. The lowest BCUT2D eigenvalue weighted by molar-refractivity contribution is 0.344. The molecule has 0 aromatic heterocycles. The average molecular weight is 144 g/mol. The van der Waals surface area contributed by atoms with Gasteiger partial charge >= 0.3 is 0 Å². The standard InChI is InChI=1S/C6H16N4/c1-5(8-2)10(4)6(7)9-3/h5,8H,1-4H3,(H2,7,9). The van der Waals surface area contributed by atoms with E-state index in [0.717, 1.165) is 0 Å². The second kappa shape index (κ2) is 4.11. The van der Waals surface area contributed by atoms with E-state index in [1.165, 1.54) is 0 Å². The summed E-state index contributed by atoms with van der Waals surface area (Å²) < 4.78 is 0. The Bertz CT molecular complexity index is 121. The van der Waals surface area contributed by atoms with Gasteiger partial charge in [-0.2, -0.15) is 0 Å². The molecule has 0 fully saturated rings. The summed E-state index contributed by atoms with van der Waals surface area (Å²) in [5.74, 6) is 0.543. The molecule has 0 bridgehead atoms. The number of nitrogens with two attached hydrogens (primary N) is 1. The molecule has 0 aromatic carbocycles. The Balaban J connectivity index is 3.94. The summed E-state index contributed by atoms with van der Waals surface area (Å²) in [6, 6.07) is 0. The molecular formula is C6H16N4. The Labute approximate surface area is 62.1 Å². The summed E-state index contributed by atoms with van der Waals surface area (Å²) in [5.41, 5.74) is 5.53. The van der Waals surface area contributed by atoms with Crippen LogP contribution >= 0.6 is 0 Å². The summed E-state index contributed by atoms with van der Waals surface area (Å²) in [6.45, 7) is 2.01. The van der Waals surface area contributed by atoms with Crippen LogP contribution in [0, 0.1) is 0 Å². The summed E-state index contributed by atoms with van der Waals surface area (Å²) in [5, 5.41) is 3.04. The van der Waals surface area contributed by atoms with Gasteiger partial charge in [0.15, 0.2) is 5.96 Å². The van der Waals surface area contributed by atoms with Crippen LogP contribution in [0.25, 0.3) is 0 Å². The van der Waals surface area contributed by atoms with Crippen LogP contribution < -0.4 is 11.1 Å².